The topological polar surface area (TPSA) is 120 Å². The van der Waals surface area contributed by atoms with E-state index in [1.165, 1.54) is 4.90 Å². The Morgan fingerprint density at radius 2 is 1.71 bits per heavy atom. The van der Waals surface area contributed by atoms with E-state index in [1.54, 1.807) is 0 Å². The van der Waals surface area contributed by atoms with Gasteiger partial charge in [0.05, 0.1) is 12.5 Å². The molecular formula is C27H31N3O5. The molecular weight excluding hydrogens is 446 g/mol. The number of carbonyl (C=O) groups is 3. The number of alkyl carbamates (subject to hydrolysis) is 1. The van der Waals surface area contributed by atoms with E-state index in [1.807, 2.05) is 49.4 Å². The molecule has 8 nitrogen and oxygen atoms in total. The first-order chi connectivity index (χ1) is 17.0. The molecule has 2 aromatic carbocycles. The van der Waals surface area contributed by atoms with Crippen LogP contribution >= 0.6 is 0 Å². The summed E-state index contributed by atoms with van der Waals surface area (Å²) in [5.74, 6) is -1.46. The Hall–Kier alpha value is -3.86. The molecule has 0 aliphatic heterocycles. The molecule has 0 saturated heterocycles. The van der Waals surface area contributed by atoms with Gasteiger partial charge in [0.15, 0.2) is 0 Å². The number of fused-ring (bicyclic) bond motifs is 3. The van der Waals surface area contributed by atoms with Gasteiger partial charge in [-0.15, -0.1) is 0 Å². The van der Waals surface area contributed by atoms with Crippen LogP contribution in [0.2, 0.25) is 0 Å². The van der Waals surface area contributed by atoms with Crippen LogP contribution in [0.1, 0.15) is 56.1 Å². The molecule has 1 unspecified atom stereocenters. The standard InChI is InChI=1S/C27H31N3O5/c1-2-16-30(17-14-25(31)32)26(33)24(13-7-8-15-28)29-27(34)35-18-23-21-11-5-3-9-19(21)20-10-4-6-12-22(20)23/h3-6,9-12,23-24H,2,7-8,13-14,16-18H2,1H3,(H,29,34)(H,31,32). The van der Waals surface area contributed by atoms with Gasteiger partial charge in [0, 0.05) is 25.4 Å². The van der Waals surface area contributed by atoms with Crippen molar-refractivity contribution in [3.8, 4) is 17.2 Å². The van der Waals surface area contributed by atoms with Crippen LogP contribution < -0.4 is 5.32 Å². The Labute approximate surface area is 205 Å². The number of aliphatic carboxylic acids is 1. The zero-order chi connectivity index (χ0) is 25.2. The summed E-state index contributed by atoms with van der Waals surface area (Å²) in [6, 6.07) is 17.2. The Bertz CT molecular complexity index is 1050. The highest BCUT2D eigenvalue weighted by molar-refractivity contribution is 5.86. The first kappa shape index (κ1) is 25.8. The Morgan fingerprint density at radius 1 is 1.09 bits per heavy atom. The highest BCUT2D eigenvalue weighted by Crippen LogP contribution is 2.44. The number of hydrogen-bond donors (Lipinski definition) is 2. The van der Waals surface area contributed by atoms with Gasteiger partial charge in [-0.25, -0.2) is 4.79 Å². The van der Waals surface area contributed by atoms with Gasteiger partial charge in [-0.1, -0.05) is 55.5 Å². The number of hydrogen-bond acceptors (Lipinski definition) is 5. The molecule has 2 amide bonds. The lowest BCUT2D eigenvalue weighted by Gasteiger charge is -2.27. The van der Waals surface area contributed by atoms with E-state index in [0.717, 1.165) is 22.3 Å². The van der Waals surface area contributed by atoms with Gasteiger partial charge in [-0.2, -0.15) is 5.26 Å². The van der Waals surface area contributed by atoms with Crippen LogP contribution in [0.3, 0.4) is 0 Å². The molecule has 184 valence electrons. The number of nitriles is 1. The molecule has 2 aromatic rings. The number of amides is 2. The summed E-state index contributed by atoms with van der Waals surface area (Å²) >= 11 is 0. The number of carboxylic acids is 1. The summed E-state index contributed by atoms with van der Waals surface area (Å²) in [4.78, 5) is 38.4. The van der Waals surface area contributed by atoms with Gasteiger partial charge >= 0.3 is 12.1 Å². The molecule has 0 aromatic heterocycles. The average Bonchev–Trinajstić information content (AvgIpc) is 3.18. The molecule has 0 bridgehead atoms. The SMILES string of the molecule is CCCN(CCC(=O)O)C(=O)C(CCCC#N)NC(=O)OCC1c2ccccc2-c2ccccc21. The predicted octanol–water partition coefficient (Wildman–Crippen LogP) is 4.30. The van der Waals surface area contributed by atoms with E-state index in [9.17, 15) is 14.4 Å². The molecule has 35 heavy (non-hydrogen) atoms. The third-order valence-electron chi connectivity index (χ3n) is 6.12. The second-order valence-electron chi connectivity index (χ2n) is 8.54. The molecule has 0 radical (unpaired) electrons. The van der Waals surface area contributed by atoms with Gasteiger partial charge in [0.2, 0.25) is 5.91 Å². The van der Waals surface area contributed by atoms with Gasteiger partial charge in [-0.05, 0) is 41.5 Å². The number of rotatable bonds is 12. The quantitative estimate of drug-likeness (QED) is 0.440. The minimum atomic E-state index is -0.996. The molecule has 0 fully saturated rings. The molecule has 3 rings (SSSR count). The summed E-state index contributed by atoms with van der Waals surface area (Å²) in [5, 5.41) is 20.6. The van der Waals surface area contributed by atoms with Gasteiger partial charge < -0.3 is 20.1 Å². The van der Waals surface area contributed by atoms with Crippen LogP contribution in [0, 0.1) is 11.3 Å². The zero-order valence-corrected chi connectivity index (χ0v) is 19.9. The highest BCUT2D eigenvalue weighted by atomic mass is 16.5. The fraction of sp³-hybridized carbons (Fsp3) is 0.407. The molecule has 0 heterocycles. The Kier molecular flexibility index (Phi) is 9.24. The van der Waals surface area contributed by atoms with E-state index in [4.69, 9.17) is 15.1 Å². The minimum Gasteiger partial charge on any atom is -0.481 e. The highest BCUT2D eigenvalue weighted by Gasteiger charge is 2.30. The third kappa shape index (κ3) is 6.60. The maximum Gasteiger partial charge on any atom is 0.407 e. The molecule has 8 heteroatoms. The van der Waals surface area contributed by atoms with Crippen molar-refractivity contribution in [2.24, 2.45) is 0 Å². The predicted molar refractivity (Wildman–Crippen MR) is 131 cm³/mol. The van der Waals surface area contributed by atoms with Crippen molar-refractivity contribution in [1.29, 1.82) is 5.26 Å². The van der Waals surface area contributed by atoms with Crippen molar-refractivity contribution in [2.75, 3.05) is 19.7 Å². The smallest absolute Gasteiger partial charge is 0.407 e. The van der Waals surface area contributed by atoms with Crippen molar-refractivity contribution in [3.05, 3.63) is 59.7 Å². The fourth-order valence-electron chi connectivity index (χ4n) is 4.48. The van der Waals surface area contributed by atoms with E-state index in [-0.39, 0.29) is 44.2 Å². The molecule has 0 spiro atoms. The van der Waals surface area contributed by atoms with Gasteiger partial charge in [0.1, 0.15) is 12.6 Å². The lowest BCUT2D eigenvalue weighted by molar-refractivity contribution is -0.139. The second kappa shape index (κ2) is 12.6. The van der Waals surface area contributed by atoms with Crippen molar-refractivity contribution in [1.82, 2.24) is 10.2 Å². The first-order valence-electron chi connectivity index (χ1n) is 11.9. The number of nitrogens with zero attached hydrogens (tertiary/aromatic N) is 2. The van der Waals surface area contributed by atoms with E-state index >= 15 is 0 Å². The second-order valence-corrected chi connectivity index (χ2v) is 8.54. The number of nitrogens with one attached hydrogen (secondary N) is 1. The largest absolute Gasteiger partial charge is 0.481 e. The zero-order valence-electron chi connectivity index (χ0n) is 19.9. The Morgan fingerprint density at radius 3 is 2.29 bits per heavy atom. The maximum atomic E-state index is 13.1. The summed E-state index contributed by atoms with van der Waals surface area (Å²) in [6.45, 7) is 2.46. The first-order valence-corrected chi connectivity index (χ1v) is 11.9. The van der Waals surface area contributed by atoms with Crippen LogP contribution in [-0.4, -0.2) is 53.7 Å². The number of carbonyl (C=O) groups excluding carboxylic acids is 2. The Balaban J connectivity index is 1.68. The van der Waals surface area contributed by atoms with E-state index in [0.29, 0.717) is 19.4 Å². The third-order valence-corrected chi connectivity index (χ3v) is 6.12. The summed E-state index contributed by atoms with van der Waals surface area (Å²) in [7, 11) is 0. The molecule has 0 saturated carbocycles. The van der Waals surface area contributed by atoms with Crippen LogP contribution in [-0.2, 0) is 14.3 Å². The summed E-state index contributed by atoms with van der Waals surface area (Å²) < 4.78 is 5.58. The van der Waals surface area contributed by atoms with E-state index in [2.05, 4.69) is 17.4 Å². The van der Waals surface area contributed by atoms with Crippen molar-refractivity contribution in [2.45, 2.75) is 51.0 Å². The van der Waals surface area contributed by atoms with Crippen molar-refractivity contribution in [3.63, 3.8) is 0 Å². The van der Waals surface area contributed by atoms with Gasteiger partial charge in [0.25, 0.3) is 0 Å². The normalized spacial score (nSPS) is 12.7. The number of benzene rings is 2. The van der Waals surface area contributed by atoms with Crippen molar-refractivity contribution >= 4 is 18.0 Å². The number of unbranched alkanes of at least 4 members (excludes halogenated alkanes) is 1. The molecule has 1 aliphatic carbocycles. The van der Waals surface area contributed by atoms with Crippen molar-refractivity contribution < 1.29 is 24.2 Å². The fourth-order valence-corrected chi connectivity index (χ4v) is 4.48. The van der Waals surface area contributed by atoms with Crippen LogP contribution in [0.5, 0.6) is 0 Å². The van der Waals surface area contributed by atoms with Crippen LogP contribution in [0.25, 0.3) is 11.1 Å². The average molecular weight is 478 g/mol. The monoisotopic (exact) mass is 477 g/mol. The van der Waals surface area contributed by atoms with Crippen LogP contribution in [0.15, 0.2) is 48.5 Å². The number of carboxylic acid groups (broad SMARTS) is 1. The minimum absolute atomic E-state index is 0.0587. The molecule has 1 aliphatic rings. The summed E-state index contributed by atoms with van der Waals surface area (Å²) in [6.07, 6.45) is 0.707. The lowest BCUT2D eigenvalue weighted by Crippen LogP contribution is -2.49. The van der Waals surface area contributed by atoms with E-state index < -0.39 is 18.1 Å². The number of ether oxygens (including phenoxy) is 1. The van der Waals surface area contributed by atoms with Gasteiger partial charge in [-0.3, -0.25) is 9.59 Å². The maximum absolute atomic E-state index is 13.1. The molecule has 1 atom stereocenters. The lowest BCUT2D eigenvalue weighted by atomic mass is 9.98. The summed E-state index contributed by atoms with van der Waals surface area (Å²) in [5.41, 5.74) is 4.42. The molecule has 2 N–H and O–H groups in total. The van der Waals surface area contributed by atoms with Crippen LogP contribution in [0.4, 0.5) is 4.79 Å².